The Morgan fingerprint density at radius 1 is 1.19 bits per heavy atom. The lowest BCUT2D eigenvalue weighted by molar-refractivity contribution is -0.118. The number of piperidine rings is 1. The van der Waals surface area contributed by atoms with Crippen LogP contribution in [0.4, 0.5) is 11.6 Å². The van der Waals surface area contributed by atoms with E-state index in [0.29, 0.717) is 11.8 Å². The number of anilines is 2. The maximum absolute atomic E-state index is 12.4. The molecule has 6 nitrogen and oxygen atoms in total. The van der Waals surface area contributed by atoms with Gasteiger partial charge in [0, 0.05) is 30.5 Å². The van der Waals surface area contributed by atoms with Gasteiger partial charge in [0.25, 0.3) is 5.91 Å². The summed E-state index contributed by atoms with van der Waals surface area (Å²) in [6.45, 7) is 7.85. The molecule has 6 heteroatoms. The van der Waals surface area contributed by atoms with E-state index in [-0.39, 0.29) is 12.5 Å². The largest absolute Gasteiger partial charge is 0.467 e. The van der Waals surface area contributed by atoms with Crippen molar-refractivity contribution in [3.63, 3.8) is 0 Å². The number of aromatic nitrogens is 2. The van der Waals surface area contributed by atoms with Gasteiger partial charge < -0.3 is 15.0 Å². The third kappa shape index (κ3) is 4.96. The van der Waals surface area contributed by atoms with Crippen molar-refractivity contribution in [3.05, 3.63) is 41.1 Å². The molecule has 144 valence electrons. The van der Waals surface area contributed by atoms with Gasteiger partial charge >= 0.3 is 0 Å². The van der Waals surface area contributed by atoms with E-state index < -0.39 is 0 Å². The number of nitrogens with one attached hydrogen (secondary N) is 1. The van der Waals surface area contributed by atoms with E-state index in [1.807, 2.05) is 32.0 Å². The van der Waals surface area contributed by atoms with Crippen LogP contribution in [-0.4, -0.2) is 35.6 Å². The van der Waals surface area contributed by atoms with Crippen molar-refractivity contribution in [1.29, 1.82) is 0 Å². The lowest BCUT2D eigenvalue weighted by Crippen LogP contribution is -2.31. The Morgan fingerprint density at radius 2 is 1.96 bits per heavy atom. The van der Waals surface area contributed by atoms with Crippen LogP contribution in [0.2, 0.25) is 0 Å². The van der Waals surface area contributed by atoms with Gasteiger partial charge in [0.15, 0.2) is 6.61 Å². The summed E-state index contributed by atoms with van der Waals surface area (Å²) in [6, 6.07) is 7.80. The maximum Gasteiger partial charge on any atom is 0.262 e. The Kier molecular flexibility index (Phi) is 6.27. The van der Waals surface area contributed by atoms with Crippen LogP contribution in [0.1, 0.15) is 43.0 Å². The van der Waals surface area contributed by atoms with Crippen LogP contribution >= 0.6 is 0 Å². The predicted molar refractivity (Wildman–Crippen MR) is 108 cm³/mol. The average Bonchev–Trinajstić information content (AvgIpc) is 2.68. The first-order valence-electron chi connectivity index (χ1n) is 9.68. The molecule has 1 aliphatic rings. The molecule has 0 saturated carbocycles. The number of aryl methyl sites for hydroxylation is 3. The predicted octanol–water partition coefficient (Wildman–Crippen LogP) is 3.66. The van der Waals surface area contributed by atoms with Crippen molar-refractivity contribution in [1.82, 2.24) is 9.97 Å². The highest BCUT2D eigenvalue weighted by Crippen LogP contribution is 2.22. The second-order valence-electron chi connectivity index (χ2n) is 6.99. The fraction of sp³-hybridized carbons (Fsp3) is 0.476. The van der Waals surface area contributed by atoms with E-state index in [1.165, 1.54) is 6.42 Å². The van der Waals surface area contributed by atoms with Crippen molar-refractivity contribution < 1.29 is 9.53 Å². The van der Waals surface area contributed by atoms with Gasteiger partial charge in [0.05, 0.1) is 0 Å². The third-order valence-corrected chi connectivity index (χ3v) is 4.81. The molecule has 0 bridgehead atoms. The van der Waals surface area contributed by atoms with Crippen molar-refractivity contribution in [2.24, 2.45) is 0 Å². The van der Waals surface area contributed by atoms with E-state index >= 15 is 0 Å². The summed E-state index contributed by atoms with van der Waals surface area (Å²) >= 11 is 0. The number of hydrogen-bond donors (Lipinski definition) is 1. The number of amides is 1. The van der Waals surface area contributed by atoms with Gasteiger partial charge in [-0.3, -0.25) is 4.79 Å². The monoisotopic (exact) mass is 368 g/mol. The number of carbonyl (C=O) groups excluding carboxylic acids is 1. The topological polar surface area (TPSA) is 67.3 Å². The van der Waals surface area contributed by atoms with E-state index in [4.69, 9.17) is 4.74 Å². The number of para-hydroxylation sites is 1. The molecule has 0 unspecified atom stereocenters. The van der Waals surface area contributed by atoms with Crippen LogP contribution in [0.15, 0.2) is 24.3 Å². The lowest BCUT2D eigenvalue weighted by Gasteiger charge is -2.27. The number of carbonyl (C=O) groups is 1. The first kappa shape index (κ1) is 19.1. The fourth-order valence-electron chi connectivity index (χ4n) is 3.35. The Labute approximate surface area is 161 Å². The molecule has 1 aliphatic heterocycles. The summed E-state index contributed by atoms with van der Waals surface area (Å²) < 4.78 is 5.68. The molecule has 1 amide bonds. The Hall–Kier alpha value is -2.63. The zero-order valence-electron chi connectivity index (χ0n) is 16.4. The molecule has 2 aromatic rings. The molecular formula is C21H28N4O2. The molecule has 0 spiro atoms. The van der Waals surface area contributed by atoms with E-state index in [2.05, 4.69) is 27.1 Å². The van der Waals surface area contributed by atoms with Crippen LogP contribution in [0.25, 0.3) is 0 Å². The molecule has 1 saturated heterocycles. The maximum atomic E-state index is 12.4. The highest BCUT2D eigenvalue weighted by Gasteiger charge is 2.16. The molecule has 0 atom stereocenters. The molecule has 0 radical (unpaired) electrons. The summed E-state index contributed by atoms with van der Waals surface area (Å²) in [4.78, 5) is 23.6. The Morgan fingerprint density at radius 3 is 2.70 bits per heavy atom. The van der Waals surface area contributed by atoms with Gasteiger partial charge in [-0.25, -0.2) is 4.98 Å². The first-order valence-corrected chi connectivity index (χ1v) is 9.68. The SMILES string of the molecule is CCc1cccc(C)c1NC(=O)COc1cc(C)nc(N2CCCCC2)n1. The van der Waals surface area contributed by atoms with Crippen molar-refractivity contribution >= 4 is 17.5 Å². The fourth-order valence-corrected chi connectivity index (χ4v) is 3.35. The van der Waals surface area contributed by atoms with Crippen LogP contribution < -0.4 is 15.0 Å². The minimum Gasteiger partial charge on any atom is -0.467 e. The van der Waals surface area contributed by atoms with Crippen molar-refractivity contribution in [2.45, 2.75) is 46.5 Å². The second kappa shape index (κ2) is 8.84. The Balaban J connectivity index is 1.64. The van der Waals surface area contributed by atoms with Crippen LogP contribution in [0.3, 0.4) is 0 Å². The highest BCUT2D eigenvalue weighted by atomic mass is 16.5. The van der Waals surface area contributed by atoms with Gasteiger partial charge in [-0.1, -0.05) is 25.1 Å². The molecule has 2 heterocycles. The summed E-state index contributed by atoms with van der Waals surface area (Å²) in [5.41, 5.74) is 3.89. The van der Waals surface area contributed by atoms with Gasteiger partial charge in [-0.15, -0.1) is 0 Å². The molecule has 1 aromatic carbocycles. The van der Waals surface area contributed by atoms with Crippen LogP contribution in [-0.2, 0) is 11.2 Å². The standard InChI is InChI=1S/C21H28N4O2/c1-4-17-10-8-9-15(2)20(17)23-18(26)14-27-19-13-16(3)22-21(24-19)25-11-6-5-7-12-25/h8-10,13H,4-7,11-12,14H2,1-3H3,(H,23,26). The van der Waals surface area contributed by atoms with E-state index in [0.717, 1.165) is 54.9 Å². The number of nitrogens with zero attached hydrogens (tertiary/aromatic N) is 3. The lowest BCUT2D eigenvalue weighted by atomic mass is 10.1. The molecule has 1 fully saturated rings. The summed E-state index contributed by atoms with van der Waals surface area (Å²) in [6.07, 6.45) is 4.44. The Bertz CT molecular complexity index is 801. The summed E-state index contributed by atoms with van der Waals surface area (Å²) in [7, 11) is 0. The summed E-state index contributed by atoms with van der Waals surface area (Å²) in [5, 5.41) is 2.97. The summed E-state index contributed by atoms with van der Waals surface area (Å²) in [5.74, 6) is 0.950. The smallest absolute Gasteiger partial charge is 0.262 e. The zero-order valence-corrected chi connectivity index (χ0v) is 16.4. The molecule has 3 rings (SSSR count). The second-order valence-corrected chi connectivity index (χ2v) is 6.99. The highest BCUT2D eigenvalue weighted by molar-refractivity contribution is 5.93. The van der Waals surface area contributed by atoms with E-state index in [9.17, 15) is 4.79 Å². The number of hydrogen-bond acceptors (Lipinski definition) is 5. The van der Waals surface area contributed by atoms with Crippen LogP contribution in [0.5, 0.6) is 5.88 Å². The third-order valence-electron chi connectivity index (χ3n) is 4.81. The van der Waals surface area contributed by atoms with E-state index in [1.54, 1.807) is 6.07 Å². The molecular weight excluding hydrogens is 340 g/mol. The van der Waals surface area contributed by atoms with Crippen LogP contribution in [0, 0.1) is 13.8 Å². The average molecular weight is 368 g/mol. The van der Waals surface area contributed by atoms with Gasteiger partial charge in [-0.05, 0) is 50.7 Å². The molecule has 0 aliphatic carbocycles. The number of ether oxygens (including phenoxy) is 1. The number of benzene rings is 1. The van der Waals surface area contributed by atoms with Crippen molar-refractivity contribution in [3.8, 4) is 5.88 Å². The molecule has 27 heavy (non-hydrogen) atoms. The van der Waals surface area contributed by atoms with Gasteiger partial charge in [0.1, 0.15) is 0 Å². The quantitative estimate of drug-likeness (QED) is 0.843. The zero-order chi connectivity index (χ0) is 19.2. The van der Waals surface area contributed by atoms with Gasteiger partial charge in [-0.2, -0.15) is 4.98 Å². The minimum absolute atomic E-state index is 0.0760. The van der Waals surface area contributed by atoms with Crippen molar-refractivity contribution in [2.75, 3.05) is 29.9 Å². The normalized spacial score (nSPS) is 14.1. The molecule has 1 aromatic heterocycles. The molecule has 1 N–H and O–H groups in total. The number of rotatable bonds is 6. The first-order chi connectivity index (χ1) is 13.1. The minimum atomic E-state index is -0.185. The van der Waals surface area contributed by atoms with Gasteiger partial charge in [0.2, 0.25) is 11.8 Å².